The summed E-state index contributed by atoms with van der Waals surface area (Å²) in [4.78, 5) is 16.3. The van der Waals surface area contributed by atoms with Gasteiger partial charge in [0.05, 0.1) is 24.1 Å². The van der Waals surface area contributed by atoms with Crippen molar-refractivity contribution in [3.05, 3.63) is 51.3 Å². The van der Waals surface area contributed by atoms with Crippen LogP contribution in [0.15, 0.2) is 24.3 Å². The van der Waals surface area contributed by atoms with Crippen molar-refractivity contribution in [2.24, 2.45) is 0 Å². The van der Waals surface area contributed by atoms with Gasteiger partial charge in [-0.1, -0.05) is 23.2 Å². The molecule has 0 aliphatic rings. The number of carbonyl (C=O) groups is 1. The van der Waals surface area contributed by atoms with Crippen LogP contribution in [0.2, 0.25) is 10.0 Å². The summed E-state index contributed by atoms with van der Waals surface area (Å²) in [5.41, 5.74) is 1.47. The number of aryl methyl sites for hydroxylation is 2. The van der Waals surface area contributed by atoms with Crippen LogP contribution >= 0.6 is 23.2 Å². The molecule has 0 saturated carbocycles. The number of hydrogen-bond donors (Lipinski definition) is 0. The minimum atomic E-state index is -0.550. The molecule has 4 nitrogen and oxygen atoms in total. The van der Waals surface area contributed by atoms with Crippen molar-refractivity contribution in [2.75, 3.05) is 7.11 Å². The molecule has 1 aromatic heterocycles. The van der Waals surface area contributed by atoms with Crippen LogP contribution in [0.25, 0.3) is 0 Å². The third kappa shape index (κ3) is 3.28. The molecular formula is C15H13Cl2NO3. The fourth-order valence-corrected chi connectivity index (χ4v) is 2.14. The van der Waals surface area contributed by atoms with Crippen molar-refractivity contribution in [1.82, 2.24) is 4.98 Å². The normalized spacial score (nSPS) is 10.3. The standard InChI is InChI=1S/C15H13Cl2NO3/c1-8-12(16)14(13(17)9(2)18-8)21-15(19)10-4-6-11(20-3)7-5-10/h4-7H,1-3H3. The van der Waals surface area contributed by atoms with Gasteiger partial charge in [-0.3, -0.25) is 4.98 Å². The summed E-state index contributed by atoms with van der Waals surface area (Å²) in [6.45, 7) is 3.44. The van der Waals surface area contributed by atoms with E-state index in [0.717, 1.165) is 0 Å². The first kappa shape index (κ1) is 15.6. The van der Waals surface area contributed by atoms with Gasteiger partial charge in [0.2, 0.25) is 0 Å². The maximum atomic E-state index is 12.1. The summed E-state index contributed by atoms with van der Waals surface area (Å²) >= 11 is 12.2. The highest BCUT2D eigenvalue weighted by Gasteiger charge is 2.18. The molecule has 1 aromatic carbocycles. The van der Waals surface area contributed by atoms with Crippen LogP contribution in [0.4, 0.5) is 0 Å². The molecule has 0 bridgehead atoms. The molecule has 2 rings (SSSR count). The Morgan fingerprint density at radius 2 is 1.57 bits per heavy atom. The number of nitrogens with zero attached hydrogens (tertiary/aromatic N) is 1. The van der Waals surface area contributed by atoms with E-state index in [-0.39, 0.29) is 15.8 Å². The number of pyridine rings is 1. The molecule has 21 heavy (non-hydrogen) atoms. The van der Waals surface area contributed by atoms with E-state index in [2.05, 4.69) is 4.98 Å². The second-order valence-corrected chi connectivity index (χ2v) is 5.11. The Morgan fingerprint density at radius 3 is 2.05 bits per heavy atom. The molecule has 0 aliphatic heterocycles. The lowest BCUT2D eigenvalue weighted by atomic mass is 10.2. The van der Waals surface area contributed by atoms with Crippen LogP contribution in [0.1, 0.15) is 21.7 Å². The number of aromatic nitrogens is 1. The lowest BCUT2D eigenvalue weighted by molar-refractivity contribution is 0.0734. The van der Waals surface area contributed by atoms with E-state index in [1.54, 1.807) is 45.2 Å². The Balaban J connectivity index is 2.31. The molecule has 0 spiro atoms. The van der Waals surface area contributed by atoms with Gasteiger partial charge in [0.1, 0.15) is 15.8 Å². The Bertz CT molecular complexity index is 658. The molecule has 0 N–H and O–H groups in total. The fourth-order valence-electron chi connectivity index (χ4n) is 1.74. The van der Waals surface area contributed by atoms with Crippen LogP contribution in [-0.4, -0.2) is 18.1 Å². The van der Waals surface area contributed by atoms with Crippen LogP contribution in [-0.2, 0) is 0 Å². The molecule has 1 heterocycles. The van der Waals surface area contributed by atoms with Gasteiger partial charge in [0.15, 0.2) is 5.75 Å². The molecule has 0 radical (unpaired) electrons. The molecule has 6 heteroatoms. The van der Waals surface area contributed by atoms with Gasteiger partial charge >= 0.3 is 5.97 Å². The number of ether oxygens (including phenoxy) is 2. The average molecular weight is 326 g/mol. The number of esters is 1. The summed E-state index contributed by atoms with van der Waals surface area (Å²) in [5.74, 6) is 0.230. The van der Waals surface area contributed by atoms with E-state index in [9.17, 15) is 4.79 Å². The molecule has 0 amide bonds. The zero-order valence-electron chi connectivity index (χ0n) is 11.7. The second-order valence-electron chi connectivity index (χ2n) is 4.36. The van der Waals surface area contributed by atoms with Gasteiger partial charge in [-0.15, -0.1) is 0 Å². The molecule has 0 fully saturated rings. The van der Waals surface area contributed by atoms with Crippen molar-refractivity contribution >= 4 is 29.2 Å². The number of rotatable bonds is 3. The number of halogens is 2. The van der Waals surface area contributed by atoms with E-state index >= 15 is 0 Å². The zero-order valence-corrected chi connectivity index (χ0v) is 13.2. The fraction of sp³-hybridized carbons (Fsp3) is 0.200. The first-order chi connectivity index (χ1) is 9.93. The number of hydrogen-bond acceptors (Lipinski definition) is 4. The van der Waals surface area contributed by atoms with Gasteiger partial charge in [-0.25, -0.2) is 4.79 Å². The molecule has 2 aromatic rings. The predicted molar refractivity (Wildman–Crippen MR) is 81.7 cm³/mol. The molecular weight excluding hydrogens is 313 g/mol. The third-order valence-electron chi connectivity index (χ3n) is 2.89. The van der Waals surface area contributed by atoms with E-state index in [4.69, 9.17) is 32.7 Å². The number of carbonyl (C=O) groups excluding carboxylic acids is 1. The summed E-state index contributed by atoms with van der Waals surface area (Å²) in [7, 11) is 1.55. The van der Waals surface area contributed by atoms with Crippen molar-refractivity contribution in [2.45, 2.75) is 13.8 Å². The quantitative estimate of drug-likeness (QED) is 0.792. The summed E-state index contributed by atoms with van der Waals surface area (Å²) in [5, 5.41) is 0.458. The molecule has 110 valence electrons. The first-order valence-electron chi connectivity index (χ1n) is 6.12. The zero-order chi connectivity index (χ0) is 15.6. The van der Waals surface area contributed by atoms with E-state index in [0.29, 0.717) is 22.7 Å². The topological polar surface area (TPSA) is 48.4 Å². The minimum Gasteiger partial charge on any atom is -0.497 e. The van der Waals surface area contributed by atoms with Gasteiger partial charge in [0.25, 0.3) is 0 Å². The number of benzene rings is 1. The Morgan fingerprint density at radius 1 is 1.05 bits per heavy atom. The summed E-state index contributed by atoms with van der Waals surface area (Å²) in [6, 6.07) is 6.54. The highest BCUT2D eigenvalue weighted by atomic mass is 35.5. The minimum absolute atomic E-state index is 0.129. The van der Waals surface area contributed by atoms with Crippen LogP contribution in [0, 0.1) is 13.8 Å². The second kappa shape index (κ2) is 6.33. The third-order valence-corrected chi connectivity index (χ3v) is 3.78. The molecule has 0 atom stereocenters. The SMILES string of the molecule is COc1ccc(C(=O)Oc2c(Cl)c(C)nc(C)c2Cl)cc1. The van der Waals surface area contributed by atoms with Crippen molar-refractivity contribution in [3.63, 3.8) is 0 Å². The Labute approximate surface area is 132 Å². The lowest BCUT2D eigenvalue weighted by Crippen LogP contribution is -2.10. The average Bonchev–Trinajstić information content (AvgIpc) is 2.49. The van der Waals surface area contributed by atoms with Crippen molar-refractivity contribution in [1.29, 1.82) is 0 Å². The Hall–Kier alpha value is -1.78. The monoisotopic (exact) mass is 325 g/mol. The van der Waals surface area contributed by atoms with Gasteiger partial charge < -0.3 is 9.47 Å². The van der Waals surface area contributed by atoms with Crippen molar-refractivity contribution in [3.8, 4) is 11.5 Å². The molecule has 0 saturated heterocycles. The smallest absolute Gasteiger partial charge is 0.343 e. The van der Waals surface area contributed by atoms with Crippen LogP contribution in [0.3, 0.4) is 0 Å². The van der Waals surface area contributed by atoms with E-state index < -0.39 is 5.97 Å². The lowest BCUT2D eigenvalue weighted by Gasteiger charge is -2.11. The summed E-state index contributed by atoms with van der Waals surface area (Å²) in [6.07, 6.45) is 0. The highest BCUT2D eigenvalue weighted by Crippen LogP contribution is 2.36. The maximum absolute atomic E-state index is 12.1. The largest absolute Gasteiger partial charge is 0.497 e. The van der Waals surface area contributed by atoms with E-state index in [1.807, 2.05) is 0 Å². The van der Waals surface area contributed by atoms with Gasteiger partial charge in [-0.05, 0) is 38.1 Å². The first-order valence-corrected chi connectivity index (χ1v) is 6.88. The van der Waals surface area contributed by atoms with Gasteiger partial charge in [0, 0.05) is 0 Å². The number of methoxy groups -OCH3 is 1. The molecule has 0 aliphatic carbocycles. The molecule has 0 unspecified atom stereocenters. The van der Waals surface area contributed by atoms with Crippen molar-refractivity contribution < 1.29 is 14.3 Å². The maximum Gasteiger partial charge on any atom is 0.343 e. The van der Waals surface area contributed by atoms with Crippen LogP contribution < -0.4 is 9.47 Å². The highest BCUT2D eigenvalue weighted by molar-refractivity contribution is 6.38. The Kier molecular flexibility index (Phi) is 4.70. The van der Waals surface area contributed by atoms with E-state index in [1.165, 1.54) is 0 Å². The van der Waals surface area contributed by atoms with Gasteiger partial charge in [-0.2, -0.15) is 0 Å². The van der Waals surface area contributed by atoms with Crippen LogP contribution in [0.5, 0.6) is 11.5 Å². The predicted octanol–water partition coefficient (Wildman–Crippen LogP) is 4.23. The summed E-state index contributed by atoms with van der Waals surface area (Å²) < 4.78 is 10.3.